The minimum absolute atomic E-state index is 0.118. The van der Waals surface area contributed by atoms with Crippen LogP contribution in [0.4, 0.5) is 0 Å². The number of piperidine rings is 1. The Balaban J connectivity index is 1.13. The van der Waals surface area contributed by atoms with Crippen LogP contribution in [0.2, 0.25) is 0 Å². The quantitative estimate of drug-likeness (QED) is 0.658. The number of cyclic esters (lactones) is 1. The molecular weight excluding hydrogens is 404 g/mol. The largest absolute Gasteiger partial charge is 0.493 e. The topological polar surface area (TPSA) is 59.1 Å². The van der Waals surface area contributed by atoms with Crippen LogP contribution < -0.4 is 4.74 Å². The van der Waals surface area contributed by atoms with Crippen LogP contribution in [0.15, 0.2) is 18.2 Å². The Labute approximate surface area is 191 Å². The Kier molecular flexibility index (Phi) is 6.67. The Morgan fingerprint density at radius 3 is 2.66 bits per heavy atom. The zero-order valence-electron chi connectivity index (χ0n) is 19.1. The average molecular weight is 441 g/mol. The molecule has 0 bridgehead atoms. The predicted molar refractivity (Wildman–Crippen MR) is 122 cm³/mol. The molecular formula is C26H36N2O4. The summed E-state index contributed by atoms with van der Waals surface area (Å²) < 4.78 is 11.2. The second-order valence-corrected chi connectivity index (χ2v) is 10.1. The number of likely N-dealkylation sites (tertiary alicyclic amines) is 1. The van der Waals surface area contributed by atoms with Crippen molar-refractivity contribution in [2.45, 2.75) is 63.8 Å². The molecule has 4 aliphatic rings. The Hall–Kier alpha value is -2.08. The van der Waals surface area contributed by atoms with Crippen LogP contribution in [0, 0.1) is 11.8 Å². The lowest BCUT2D eigenvalue weighted by atomic mass is 9.91. The van der Waals surface area contributed by atoms with Crippen molar-refractivity contribution in [3.63, 3.8) is 0 Å². The van der Waals surface area contributed by atoms with Gasteiger partial charge in [0.25, 0.3) is 0 Å². The highest BCUT2D eigenvalue weighted by molar-refractivity contribution is 5.84. The number of ether oxygens (including phenoxy) is 2. The van der Waals surface area contributed by atoms with Gasteiger partial charge in [0.15, 0.2) is 0 Å². The van der Waals surface area contributed by atoms with Gasteiger partial charge in [-0.3, -0.25) is 14.5 Å². The number of fused-ring (bicyclic) bond motifs is 1. The first-order chi connectivity index (χ1) is 15.7. The zero-order valence-corrected chi connectivity index (χ0v) is 19.1. The van der Waals surface area contributed by atoms with Crippen LogP contribution in [-0.4, -0.2) is 67.1 Å². The molecule has 1 saturated carbocycles. The van der Waals surface area contributed by atoms with Crippen LogP contribution in [0.25, 0.3) is 0 Å². The lowest BCUT2D eigenvalue weighted by molar-refractivity contribution is -0.155. The Morgan fingerprint density at radius 2 is 1.88 bits per heavy atom. The summed E-state index contributed by atoms with van der Waals surface area (Å²) in [6.45, 7) is 4.87. The number of carbonyl (C=O) groups is 2. The summed E-state index contributed by atoms with van der Waals surface area (Å²) in [5.74, 6) is 0.966. The van der Waals surface area contributed by atoms with E-state index in [4.69, 9.17) is 9.47 Å². The zero-order chi connectivity index (χ0) is 21.9. The second kappa shape index (κ2) is 9.82. The summed E-state index contributed by atoms with van der Waals surface area (Å²) in [6, 6.07) is 7.44. The highest BCUT2D eigenvalue weighted by Crippen LogP contribution is 2.29. The first-order valence-electron chi connectivity index (χ1n) is 12.6. The van der Waals surface area contributed by atoms with Crippen molar-refractivity contribution in [3.8, 4) is 5.75 Å². The molecule has 3 aliphatic heterocycles. The number of rotatable bonds is 5. The van der Waals surface area contributed by atoms with Crippen LogP contribution in [-0.2, 0) is 27.2 Å². The van der Waals surface area contributed by atoms with E-state index >= 15 is 0 Å². The molecule has 2 atom stereocenters. The third-order valence-electron chi connectivity index (χ3n) is 7.91. The smallest absolute Gasteiger partial charge is 0.306 e. The van der Waals surface area contributed by atoms with Crippen LogP contribution in [0.5, 0.6) is 5.75 Å². The molecule has 1 unspecified atom stereocenters. The SMILES string of the molecule is O=C1CC(C(=O)N2CCC[C@H](COc3ccc4c(c3)CCN(C3CCC3)CC4)C2)CCO1. The van der Waals surface area contributed by atoms with E-state index in [-0.39, 0.29) is 24.2 Å². The van der Waals surface area contributed by atoms with Crippen molar-refractivity contribution in [2.75, 3.05) is 39.4 Å². The molecule has 174 valence electrons. The van der Waals surface area contributed by atoms with Gasteiger partial charge < -0.3 is 14.4 Å². The van der Waals surface area contributed by atoms with E-state index in [9.17, 15) is 9.59 Å². The molecule has 3 fully saturated rings. The van der Waals surface area contributed by atoms with Gasteiger partial charge in [0.05, 0.1) is 25.6 Å². The molecule has 6 heteroatoms. The number of carbonyl (C=O) groups excluding carboxylic acids is 2. The molecule has 2 saturated heterocycles. The number of benzene rings is 1. The predicted octanol–water partition coefficient (Wildman–Crippen LogP) is 3.21. The van der Waals surface area contributed by atoms with Gasteiger partial charge in [0, 0.05) is 38.1 Å². The molecule has 0 N–H and O–H groups in total. The standard InChI is InChI=1S/C26H36N2O4/c29-25-16-22(10-14-31-25)26(30)28-11-2-3-19(17-28)18-32-24-7-6-20-8-12-27(23-4-1-5-23)13-9-21(20)15-24/h6-7,15,19,22-23H,1-5,8-14,16-18H2/t19-,22?/m0/s1. The van der Waals surface area contributed by atoms with Crippen molar-refractivity contribution in [2.24, 2.45) is 11.8 Å². The van der Waals surface area contributed by atoms with Crippen molar-refractivity contribution in [3.05, 3.63) is 29.3 Å². The number of esters is 1. The van der Waals surface area contributed by atoms with Gasteiger partial charge >= 0.3 is 5.97 Å². The fourth-order valence-corrected chi connectivity index (χ4v) is 5.69. The maximum Gasteiger partial charge on any atom is 0.306 e. The van der Waals surface area contributed by atoms with Crippen molar-refractivity contribution in [1.82, 2.24) is 9.80 Å². The molecule has 32 heavy (non-hydrogen) atoms. The highest BCUT2D eigenvalue weighted by Gasteiger charge is 2.33. The summed E-state index contributed by atoms with van der Waals surface area (Å²) >= 11 is 0. The number of hydrogen-bond acceptors (Lipinski definition) is 5. The first-order valence-corrected chi connectivity index (χ1v) is 12.6. The van der Waals surface area contributed by atoms with E-state index in [2.05, 4.69) is 23.1 Å². The summed E-state index contributed by atoms with van der Waals surface area (Å²) in [7, 11) is 0. The number of nitrogens with zero attached hydrogens (tertiary/aromatic N) is 2. The summed E-state index contributed by atoms with van der Waals surface area (Å²) in [5.41, 5.74) is 2.91. The number of amides is 1. The molecule has 1 aliphatic carbocycles. The van der Waals surface area contributed by atoms with E-state index in [1.165, 1.54) is 36.9 Å². The Bertz CT molecular complexity index is 837. The van der Waals surface area contributed by atoms with E-state index in [1.54, 1.807) is 0 Å². The van der Waals surface area contributed by atoms with Crippen molar-refractivity contribution >= 4 is 11.9 Å². The molecule has 0 aromatic heterocycles. The van der Waals surface area contributed by atoms with Gasteiger partial charge in [0.2, 0.25) is 5.91 Å². The average Bonchev–Trinajstić information content (AvgIpc) is 2.99. The highest BCUT2D eigenvalue weighted by atomic mass is 16.5. The van der Waals surface area contributed by atoms with E-state index < -0.39 is 0 Å². The fraction of sp³-hybridized carbons (Fsp3) is 0.692. The van der Waals surface area contributed by atoms with Gasteiger partial charge in [-0.15, -0.1) is 0 Å². The normalized spacial score (nSPS) is 27.1. The molecule has 3 heterocycles. The first kappa shape index (κ1) is 21.7. The molecule has 1 aromatic rings. The van der Waals surface area contributed by atoms with E-state index in [0.717, 1.165) is 57.1 Å². The molecule has 5 rings (SSSR count). The van der Waals surface area contributed by atoms with Gasteiger partial charge in [-0.25, -0.2) is 0 Å². The van der Waals surface area contributed by atoms with Crippen LogP contribution in [0.3, 0.4) is 0 Å². The van der Waals surface area contributed by atoms with Crippen molar-refractivity contribution < 1.29 is 19.1 Å². The molecule has 0 radical (unpaired) electrons. The maximum absolute atomic E-state index is 12.9. The minimum atomic E-state index is -0.245. The van der Waals surface area contributed by atoms with Gasteiger partial charge in [0.1, 0.15) is 5.75 Å². The Morgan fingerprint density at radius 1 is 1.03 bits per heavy atom. The second-order valence-electron chi connectivity index (χ2n) is 10.1. The molecule has 0 spiro atoms. The monoisotopic (exact) mass is 440 g/mol. The number of hydrogen-bond donors (Lipinski definition) is 0. The lowest BCUT2D eigenvalue weighted by Crippen LogP contribution is -2.45. The molecule has 6 nitrogen and oxygen atoms in total. The molecule has 1 aromatic carbocycles. The lowest BCUT2D eigenvalue weighted by Gasteiger charge is -2.36. The van der Waals surface area contributed by atoms with E-state index in [0.29, 0.717) is 25.6 Å². The van der Waals surface area contributed by atoms with Gasteiger partial charge in [-0.05, 0) is 68.2 Å². The summed E-state index contributed by atoms with van der Waals surface area (Å²) in [4.78, 5) is 29.1. The minimum Gasteiger partial charge on any atom is -0.493 e. The third-order valence-corrected chi connectivity index (χ3v) is 7.91. The van der Waals surface area contributed by atoms with E-state index in [1.807, 2.05) is 4.90 Å². The van der Waals surface area contributed by atoms with Crippen LogP contribution in [0.1, 0.15) is 56.1 Å². The fourth-order valence-electron chi connectivity index (χ4n) is 5.69. The summed E-state index contributed by atoms with van der Waals surface area (Å²) in [5, 5.41) is 0. The van der Waals surface area contributed by atoms with Crippen LogP contribution >= 0.6 is 0 Å². The summed E-state index contributed by atoms with van der Waals surface area (Å²) in [6.07, 6.45) is 9.34. The third kappa shape index (κ3) is 4.95. The van der Waals surface area contributed by atoms with Gasteiger partial charge in [-0.1, -0.05) is 12.5 Å². The molecule has 1 amide bonds. The van der Waals surface area contributed by atoms with Crippen molar-refractivity contribution in [1.29, 1.82) is 0 Å². The maximum atomic E-state index is 12.9. The van der Waals surface area contributed by atoms with Gasteiger partial charge in [-0.2, -0.15) is 0 Å².